The number of benzene rings is 1. The molecule has 0 fully saturated rings. The van der Waals surface area contributed by atoms with Crippen LogP contribution in [0.2, 0.25) is 0 Å². The van der Waals surface area contributed by atoms with Crippen molar-refractivity contribution in [2.45, 2.75) is 6.92 Å². The standard InChI is InChI=1S/C18H21N7O2/c1-13-19-8-9-25(13)17-11-16(22-12-23-17)20-6-7-21-18(26)24-14-4-3-5-15(10-14)27-2/h3-5,8-12H,6-7H2,1-2H3,(H,20,22,23)(H2,21,24,26). The van der Waals surface area contributed by atoms with Crippen LogP contribution in [0.15, 0.2) is 49.1 Å². The number of aromatic nitrogens is 4. The maximum atomic E-state index is 11.9. The van der Waals surface area contributed by atoms with Crippen molar-refractivity contribution in [3.05, 3.63) is 54.9 Å². The molecule has 0 aliphatic carbocycles. The first kappa shape index (κ1) is 18.2. The molecule has 9 nitrogen and oxygen atoms in total. The van der Waals surface area contributed by atoms with Gasteiger partial charge >= 0.3 is 6.03 Å². The van der Waals surface area contributed by atoms with Crippen molar-refractivity contribution in [1.82, 2.24) is 24.8 Å². The lowest BCUT2D eigenvalue weighted by molar-refractivity contribution is 0.252. The molecule has 3 rings (SSSR count). The van der Waals surface area contributed by atoms with Crippen molar-refractivity contribution in [3.8, 4) is 11.6 Å². The summed E-state index contributed by atoms with van der Waals surface area (Å²) in [5.41, 5.74) is 0.663. The van der Waals surface area contributed by atoms with Gasteiger partial charge in [-0.3, -0.25) is 4.57 Å². The largest absolute Gasteiger partial charge is 0.497 e. The third-order valence-corrected chi connectivity index (χ3v) is 3.77. The fraction of sp³-hybridized carbons (Fsp3) is 0.222. The minimum atomic E-state index is -0.289. The third kappa shape index (κ3) is 4.94. The monoisotopic (exact) mass is 367 g/mol. The number of urea groups is 1. The van der Waals surface area contributed by atoms with Gasteiger partial charge in [0.25, 0.3) is 0 Å². The Hall–Kier alpha value is -3.62. The highest BCUT2D eigenvalue weighted by Gasteiger charge is 2.05. The summed E-state index contributed by atoms with van der Waals surface area (Å²) in [7, 11) is 1.58. The molecule has 0 aliphatic heterocycles. The van der Waals surface area contributed by atoms with E-state index >= 15 is 0 Å². The molecule has 2 amide bonds. The Kier molecular flexibility index (Phi) is 5.83. The number of aryl methyl sites for hydroxylation is 1. The first-order valence-corrected chi connectivity index (χ1v) is 8.41. The van der Waals surface area contributed by atoms with Gasteiger partial charge in [0.1, 0.15) is 29.5 Å². The number of methoxy groups -OCH3 is 1. The molecule has 2 aromatic heterocycles. The second-order valence-corrected chi connectivity index (χ2v) is 5.65. The predicted octanol–water partition coefficient (Wildman–Crippen LogP) is 2.21. The average Bonchev–Trinajstić information content (AvgIpc) is 3.11. The second-order valence-electron chi connectivity index (χ2n) is 5.65. The number of anilines is 2. The zero-order valence-corrected chi connectivity index (χ0v) is 15.1. The zero-order chi connectivity index (χ0) is 19.1. The van der Waals surface area contributed by atoms with Crippen molar-refractivity contribution in [3.63, 3.8) is 0 Å². The molecule has 0 saturated carbocycles. The molecule has 27 heavy (non-hydrogen) atoms. The van der Waals surface area contributed by atoms with Gasteiger partial charge < -0.3 is 20.7 Å². The Morgan fingerprint density at radius 3 is 2.85 bits per heavy atom. The number of ether oxygens (including phenoxy) is 1. The summed E-state index contributed by atoms with van der Waals surface area (Å²) in [6.07, 6.45) is 5.04. The van der Waals surface area contributed by atoms with Crippen LogP contribution >= 0.6 is 0 Å². The highest BCUT2D eigenvalue weighted by atomic mass is 16.5. The Labute approximate surface area is 156 Å². The number of carbonyl (C=O) groups excluding carboxylic acids is 1. The second kappa shape index (κ2) is 8.65. The van der Waals surface area contributed by atoms with E-state index in [4.69, 9.17) is 4.74 Å². The maximum Gasteiger partial charge on any atom is 0.319 e. The molecule has 0 spiro atoms. The van der Waals surface area contributed by atoms with Crippen molar-refractivity contribution < 1.29 is 9.53 Å². The van der Waals surface area contributed by atoms with Gasteiger partial charge in [-0.05, 0) is 19.1 Å². The topological polar surface area (TPSA) is 106 Å². The van der Waals surface area contributed by atoms with Gasteiger partial charge in [0.05, 0.1) is 7.11 Å². The van der Waals surface area contributed by atoms with Crippen LogP contribution in [0.5, 0.6) is 5.75 Å². The minimum Gasteiger partial charge on any atom is -0.497 e. The molecule has 0 unspecified atom stereocenters. The number of nitrogens with one attached hydrogen (secondary N) is 3. The van der Waals surface area contributed by atoms with Crippen molar-refractivity contribution >= 4 is 17.5 Å². The van der Waals surface area contributed by atoms with Gasteiger partial charge in [0.15, 0.2) is 0 Å². The van der Waals surface area contributed by atoms with Crippen LogP contribution < -0.4 is 20.7 Å². The lowest BCUT2D eigenvalue weighted by Gasteiger charge is -2.10. The number of rotatable bonds is 7. The Bertz CT molecular complexity index is 910. The van der Waals surface area contributed by atoms with Crippen molar-refractivity contribution in [2.75, 3.05) is 30.8 Å². The van der Waals surface area contributed by atoms with E-state index in [0.29, 0.717) is 30.3 Å². The maximum absolute atomic E-state index is 11.9. The summed E-state index contributed by atoms with van der Waals surface area (Å²) in [6, 6.07) is 8.70. The number of nitrogens with zero attached hydrogens (tertiary/aromatic N) is 4. The fourth-order valence-corrected chi connectivity index (χ4v) is 2.44. The van der Waals surface area contributed by atoms with Gasteiger partial charge in [0.2, 0.25) is 0 Å². The molecule has 2 heterocycles. The quantitative estimate of drug-likeness (QED) is 0.553. The van der Waals surface area contributed by atoms with E-state index in [9.17, 15) is 4.79 Å². The predicted molar refractivity (Wildman–Crippen MR) is 102 cm³/mol. The normalized spacial score (nSPS) is 10.3. The van der Waals surface area contributed by atoms with Gasteiger partial charge in [-0.15, -0.1) is 0 Å². The van der Waals surface area contributed by atoms with E-state index in [-0.39, 0.29) is 6.03 Å². The van der Waals surface area contributed by atoms with Gasteiger partial charge in [0, 0.05) is 43.3 Å². The molecule has 1 aromatic carbocycles. The number of carbonyl (C=O) groups is 1. The fourth-order valence-electron chi connectivity index (χ4n) is 2.44. The first-order chi connectivity index (χ1) is 13.2. The van der Waals surface area contributed by atoms with Crippen LogP contribution in [-0.2, 0) is 0 Å². The summed E-state index contributed by atoms with van der Waals surface area (Å²) < 4.78 is 7.00. The third-order valence-electron chi connectivity index (χ3n) is 3.77. The average molecular weight is 367 g/mol. The molecular weight excluding hydrogens is 346 g/mol. The Balaban J connectivity index is 1.46. The molecule has 0 radical (unpaired) electrons. The van der Waals surface area contributed by atoms with E-state index in [2.05, 4.69) is 30.9 Å². The first-order valence-electron chi connectivity index (χ1n) is 8.41. The van der Waals surface area contributed by atoms with E-state index in [1.54, 1.807) is 25.4 Å². The molecule has 0 atom stereocenters. The lowest BCUT2D eigenvalue weighted by atomic mass is 10.3. The summed E-state index contributed by atoms with van der Waals surface area (Å²) in [4.78, 5) is 24.6. The summed E-state index contributed by atoms with van der Waals surface area (Å²) in [6.45, 7) is 2.85. The van der Waals surface area contributed by atoms with Gasteiger partial charge in [-0.1, -0.05) is 6.07 Å². The highest BCUT2D eigenvalue weighted by molar-refractivity contribution is 5.89. The van der Waals surface area contributed by atoms with E-state index in [1.807, 2.05) is 35.9 Å². The van der Waals surface area contributed by atoms with E-state index in [0.717, 1.165) is 11.6 Å². The Morgan fingerprint density at radius 1 is 1.19 bits per heavy atom. The molecule has 3 aromatic rings. The molecular formula is C18H21N7O2. The lowest BCUT2D eigenvalue weighted by Crippen LogP contribution is -2.32. The zero-order valence-electron chi connectivity index (χ0n) is 15.1. The highest BCUT2D eigenvalue weighted by Crippen LogP contribution is 2.16. The van der Waals surface area contributed by atoms with Crippen LogP contribution in [0.4, 0.5) is 16.3 Å². The molecule has 0 aliphatic rings. The molecule has 9 heteroatoms. The Morgan fingerprint density at radius 2 is 2.07 bits per heavy atom. The van der Waals surface area contributed by atoms with Gasteiger partial charge in [-0.2, -0.15) is 0 Å². The summed E-state index contributed by atoms with van der Waals surface area (Å²) >= 11 is 0. The molecule has 3 N–H and O–H groups in total. The van der Waals surface area contributed by atoms with Crippen LogP contribution in [-0.4, -0.2) is 45.7 Å². The number of hydrogen-bond acceptors (Lipinski definition) is 6. The van der Waals surface area contributed by atoms with Crippen molar-refractivity contribution in [2.24, 2.45) is 0 Å². The number of imidazole rings is 1. The van der Waals surface area contributed by atoms with Crippen molar-refractivity contribution in [1.29, 1.82) is 0 Å². The van der Waals surface area contributed by atoms with Crippen LogP contribution in [0.1, 0.15) is 5.82 Å². The number of amides is 2. The molecule has 0 saturated heterocycles. The number of hydrogen-bond donors (Lipinski definition) is 3. The van der Waals surface area contributed by atoms with Gasteiger partial charge in [-0.25, -0.2) is 19.7 Å². The van der Waals surface area contributed by atoms with Crippen LogP contribution in [0, 0.1) is 6.92 Å². The summed E-state index contributed by atoms with van der Waals surface area (Å²) in [5, 5.41) is 8.69. The summed E-state index contributed by atoms with van der Waals surface area (Å²) in [5.74, 6) is 2.92. The minimum absolute atomic E-state index is 0.289. The molecule has 140 valence electrons. The van der Waals surface area contributed by atoms with Crippen LogP contribution in [0.25, 0.3) is 5.82 Å². The van der Waals surface area contributed by atoms with Crippen LogP contribution in [0.3, 0.4) is 0 Å². The smallest absolute Gasteiger partial charge is 0.319 e. The van der Waals surface area contributed by atoms with E-state index in [1.165, 1.54) is 6.33 Å². The SMILES string of the molecule is COc1cccc(NC(=O)NCCNc2cc(-n3ccnc3C)ncn2)c1. The van der Waals surface area contributed by atoms with E-state index < -0.39 is 0 Å². The molecule has 0 bridgehead atoms.